The van der Waals surface area contributed by atoms with E-state index in [9.17, 15) is 4.79 Å². The van der Waals surface area contributed by atoms with Gasteiger partial charge in [0.25, 0.3) is 0 Å². The van der Waals surface area contributed by atoms with E-state index in [1.807, 2.05) is 0 Å². The summed E-state index contributed by atoms with van der Waals surface area (Å²) < 4.78 is 0. The first-order chi connectivity index (χ1) is 7.15. The maximum atomic E-state index is 11.7. The van der Waals surface area contributed by atoms with Crippen molar-refractivity contribution in [2.24, 2.45) is 0 Å². The van der Waals surface area contributed by atoms with Gasteiger partial charge in [0.2, 0.25) is 0 Å². The molecule has 0 radical (unpaired) electrons. The number of Topliss-reactive ketones (excluding diaryl/α,β-unsaturated/α-hetero) is 1. The summed E-state index contributed by atoms with van der Waals surface area (Å²) in [6.45, 7) is 2.10. The molecule has 0 aliphatic rings. The Morgan fingerprint density at radius 1 is 1.33 bits per heavy atom. The molecule has 0 bridgehead atoms. The molecule has 3 nitrogen and oxygen atoms in total. The van der Waals surface area contributed by atoms with Crippen molar-refractivity contribution in [2.75, 3.05) is 23.0 Å². The Morgan fingerprint density at radius 3 is 2.67 bits per heavy atom. The molecule has 1 aromatic rings. The summed E-state index contributed by atoms with van der Waals surface area (Å²) in [5, 5.41) is 0. The van der Waals surface area contributed by atoms with E-state index in [-0.39, 0.29) is 5.78 Å². The summed E-state index contributed by atoms with van der Waals surface area (Å²) in [4.78, 5) is 11.7. The number of hydrogen-bond donors (Lipinski definition) is 2. The average Bonchev–Trinajstić information content (AvgIpc) is 2.22. The minimum absolute atomic E-state index is 0.111. The second kappa shape index (κ2) is 5.66. The summed E-state index contributed by atoms with van der Waals surface area (Å²) >= 11 is 1.64. The largest absolute Gasteiger partial charge is 0.397 e. The van der Waals surface area contributed by atoms with Gasteiger partial charge < -0.3 is 11.5 Å². The number of benzene rings is 1. The normalized spacial score (nSPS) is 10.2. The van der Waals surface area contributed by atoms with Gasteiger partial charge in [-0.05, 0) is 30.4 Å². The number of nitrogens with two attached hydrogens (primary N) is 2. The van der Waals surface area contributed by atoms with Crippen LogP contribution in [0.5, 0.6) is 0 Å². The number of hydrogen-bond acceptors (Lipinski definition) is 4. The molecule has 1 aromatic carbocycles. The SMILES string of the molecule is CCCSCC(=O)c1ccc(N)c(N)c1. The molecule has 15 heavy (non-hydrogen) atoms. The van der Waals surface area contributed by atoms with Crippen molar-refractivity contribution >= 4 is 28.9 Å². The lowest BCUT2D eigenvalue weighted by Gasteiger charge is -2.04. The molecule has 4 heteroatoms. The Labute approximate surface area is 94.2 Å². The van der Waals surface area contributed by atoms with Gasteiger partial charge in [-0.3, -0.25) is 4.79 Å². The topological polar surface area (TPSA) is 69.1 Å². The van der Waals surface area contributed by atoms with Gasteiger partial charge in [0.1, 0.15) is 0 Å². The standard InChI is InChI=1S/C11H16N2OS/c1-2-5-15-7-11(14)8-3-4-9(12)10(13)6-8/h3-4,6H,2,5,7,12-13H2,1H3. The molecule has 0 atom stereocenters. The smallest absolute Gasteiger partial charge is 0.172 e. The van der Waals surface area contributed by atoms with Gasteiger partial charge in [-0.15, -0.1) is 0 Å². The van der Waals surface area contributed by atoms with Crippen LogP contribution in [-0.4, -0.2) is 17.3 Å². The highest BCUT2D eigenvalue weighted by Crippen LogP contribution is 2.17. The van der Waals surface area contributed by atoms with Crippen molar-refractivity contribution in [2.45, 2.75) is 13.3 Å². The van der Waals surface area contributed by atoms with Gasteiger partial charge in [0.05, 0.1) is 17.1 Å². The Bertz CT molecular complexity index is 352. The van der Waals surface area contributed by atoms with Gasteiger partial charge in [-0.25, -0.2) is 0 Å². The fourth-order valence-corrected chi connectivity index (χ4v) is 1.93. The van der Waals surface area contributed by atoms with Crippen LogP contribution in [0.25, 0.3) is 0 Å². The van der Waals surface area contributed by atoms with Crippen LogP contribution in [-0.2, 0) is 0 Å². The molecule has 0 aliphatic carbocycles. The zero-order valence-corrected chi connectivity index (χ0v) is 9.64. The number of ketones is 1. The molecule has 82 valence electrons. The lowest BCUT2D eigenvalue weighted by Crippen LogP contribution is -2.05. The molecule has 0 unspecified atom stereocenters. The van der Waals surface area contributed by atoms with Crippen LogP contribution >= 0.6 is 11.8 Å². The molecule has 0 saturated heterocycles. The van der Waals surface area contributed by atoms with Crippen LogP contribution in [0, 0.1) is 0 Å². The van der Waals surface area contributed by atoms with Crippen molar-refractivity contribution in [3.63, 3.8) is 0 Å². The molecule has 1 rings (SSSR count). The Balaban J connectivity index is 2.62. The van der Waals surface area contributed by atoms with Crippen LogP contribution in [0.15, 0.2) is 18.2 Å². The molecule has 0 aromatic heterocycles. The van der Waals surface area contributed by atoms with Gasteiger partial charge >= 0.3 is 0 Å². The number of nitrogen functional groups attached to an aromatic ring is 2. The monoisotopic (exact) mass is 224 g/mol. The predicted molar refractivity (Wildman–Crippen MR) is 67.2 cm³/mol. The molecule has 0 amide bonds. The lowest BCUT2D eigenvalue weighted by atomic mass is 10.1. The van der Waals surface area contributed by atoms with E-state index in [2.05, 4.69) is 6.92 Å². The van der Waals surface area contributed by atoms with E-state index < -0.39 is 0 Å². The van der Waals surface area contributed by atoms with Crippen molar-refractivity contribution in [3.05, 3.63) is 23.8 Å². The second-order valence-corrected chi connectivity index (χ2v) is 4.42. The van der Waals surface area contributed by atoms with Gasteiger partial charge in [-0.1, -0.05) is 6.92 Å². The molecular weight excluding hydrogens is 208 g/mol. The van der Waals surface area contributed by atoms with Crippen molar-refractivity contribution in [1.82, 2.24) is 0 Å². The third kappa shape index (κ3) is 3.47. The first-order valence-electron chi connectivity index (χ1n) is 4.91. The minimum atomic E-state index is 0.111. The highest BCUT2D eigenvalue weighted by atomic mass is 32.2. The highest BCUT2D eigenvalue weighted by molar-refractivity contribution is 7.99. The lowest BCUT2D eigenvalue weighted by molar-refractivity contribution is 0.102. The Morgan fingerprint density at radius 2 is 2.07 bits per heavy atom. The van der Waals surface area contributed by atoms with E-state index in [0.717, 1.165) is 12.2 Å². The Hall–Kier alpha value is -1.16. The fourth-order valence-electron chi connectivity index (χ4n) is 1.14. The third-order valence-electron chi connectivity index (χ3n) is 1.99. The number of rotatable bonds is 5. The van der Waals surface area contributed by atoms with Crippen molar-refractivity contribution in [3.8, 4) is 0 Å². The van der Waals surface area contributed by atoms with E-state index in [1.54, 1.807) is 30.0 Å². The molecule has 0 aliphatic heterocycles. The first kappa shape index (κ1) is 11.9. The van der Waals surface area contributed by atoms with Gasteiger partial charge in [0, 0.05) is 5.56 Å². The number of carbonyl (C=O) groups excluding carboxylic acids is 1. The van der Waals surface area contributed by atoms with Crippen molar-refractivity contribution in [1.29, 1.82) is 0 Å². The highest BCUT2D eigenvalue weighted by Gasteiger charge is 2.06. The quantitative estimate of drug-likeness (QED) is 0.457. The number of carbonyl (C=O) groups is 1. The molecule has 0 saturated carbocycles. The molecule has 0 spiro atoms. The van der Waals surface area contributed by atoms with Gasteiger partial charge in [-0.2, -0.15) is 11.8 Å². The summed E-state index contributed by atoms with van der Waals surface area (Å²) in [5.41, 5.74) is 12.8. The summed E-state index contributed by atoms with van der Waals surface area (Å²) in [6.07, 6.45) is 1.09. The Kier molecular flexibility index (Phi) is 4.49. The summed E-state index contributed by atoms with van der Waals surface area (Å²) in [7, 11) is 0. The van der Waals surface area contributed by atoms with Crippen LogP contribution < -0.4 is 11.5 Å². The maximum absolute atomic E-state index is 11.7. The van der Waals surface area contributed by atoms with E-state index in [4.69, 9.17) is 11.5 Å². The fraction of sp³-hybridized carbons (Fsp3) is 0.364. The van der Waals surface area contributed by atoms with Crippen LogP contribution in [0.2, 0.25) is 0 Å². The zero-order chi connectivity index (χ0) is 11.3. The minimum Gasteiger partial charge on any atom is -0.397 e. The third-order valence-corrected chi connectivity index (χ3v) is 3.15. The van der Waals surface area contributed by atoms with Gasteiger partial charge in [0.15, 0.2) is 5.78 Å². The number of thioether (sulfide) groups is 1. The van der Waals surface area contributed by atoms with E-state index in [0.29, 0.717) is 22.7 Å². The number of anilines is 2. The van der Waals surface area contributed by atoms with Crippen LogP contribution in [0.4, 0.5) is 11.4 Å². The second-order valence-electron chi connectivity index (χ2n) is 3.32. The van der Waals surface area contributed by atoms with Crippen LogP contribution in [0.1, 0.15) is 23.7 Å². The zero-order valence-electron chi connectivity index (χ0n) is 8.82. The van der Waals surface area contributed by atoms with Crippen molar-refractivity contribution < 1.29 is 4.79 Å². The summed E-state index contributed by atoms with van der Waals surface area (Å²) in [5.74, 6) is 1.63. The molecular formula is C11H16N2OS. The van der Waals surface area contributed by atoms with Crippen LogP contribution in [0.3, 0.4) is 0 Å². The predicted octanol–water partition coefficient (Wildman–Crippen LogP) is 2.18. The first-order valence-corrected chi connectivity index (χ1v) is 6.06. The molecule has 0 fully saturated rings. The molecule has 0 heterocycles. The van der Waals surface area contributed by atoms with E-state index in [1.165, 1.54) is 0 Å². The summed E-state index contributed by atoms with van der Waals surface area (Å²) in [6, 6.07) is 5.04. The maximum Gasteiger partial charge on any atom is 0.172 e. The van der Waals surface area contributed by atoms with E-state index >= 15 is 0 Å². The molecule has 4 N–H and O–H groups in total. The average molecular weight is 224 g/mol.